The predicted octanol–water partition coefficient (Wildman–Crippen LogP) is 1.48. The molecule has 2 heterocycles. The van der Waals surface area contributed by atoms with Crippen molar-refractivity contribution < 1.29 is 19.2 Å². The van der Waals surface area contributed by atoms with Gasteiger partial charge in [0.05, 0.1) is 6.07 Å². The third-order valence-corrected chi connectivity index (χ3v) is 7.60. The van der Waals surface area contributed by atoms with Gasteiger partial charge >= 0.3 is 0 Å². The zero-order valence-corrected chi connectivity index (χ0v) is 21.0. The number of piperidine rings is 1. The van der Waals surface area contributed by atoms with E-state index in [9.17, 15) is 24.4 Å². The molecule has 0 aromatic carbocycles. The largest absolute Gasteiger partial charge is 0.353 e. The van der Waals surface area contributed by atoms with Crippen molar-refractivity contribution in [3.63, 3.8) is 0 Å². The van der Waals surface area contributed by atoms with E-state index in [1.54, 1.807) is 4.90 Å². The third kappa shape index (κ3) is 5.70. The Morgan fingerprint density at radius 2 is 1.88 bits per heavy atom. The Balaban J connectivity index is 1.76. The lowest BCUT2D eigenvalue weighted by atomic mass is 9.85. The van der Waals surface area contributed by atoms with Gasteiger partial charge in [0.25, 0.3) is 0 Å². The Morgan fingerprint density at radius 1 is 1.18 bits per heavy atom. The van der Waals surface area contributed by atoms with Crippen LogP contribution in [0.25, 0.3) is 0 Å². The Hall–Kier alpha value is -2.63. The monoisotopic (exact) mass is 473 g/mol. The number of carbonyl (C=O) groups excluding carboxylic acids is 4. The molecule has 0 radical (unpaired) electrons. The van der Waals surface area contributed by atoms with E-state index >= 15 is 0 Å². The van der Waals surface area contributed by atoms with Crippen LogP contribution in [0.4, 0.5) is 0 Å². The van der Waals surface area contributed by atoms with Crippen LogP contribution in [0.15, 0.2) is 0 Å². The summed E-state index contributed by atoms with van der Waals surface area (Å²) in [5, 5.41) is 18.3. The fourth-order valence-corrected chi connectivity index (χ4v) is 5.81. The summed E-state index contributed by atoms with van der Waals surface area (Å²) in [7, 11) is 0. The van der Waals surface area contributed by atoms with Crippen LogP contribution in [0, 0.1) is 34.5 Å². The highest BCUT2D eigenvalue weighted by molar-refractivity contribution is 5.93. The summed E-state index contributed by atoms with van der Waals surface area (Å²) < 4.78 is 0. The van der Waals surface area contributed by atoms with Gasteiger partial charge in [-0.2, -0.15) is 5.26 Å². The Kier molecular flexibility index (Phi) is 7.89. The van der Waals surface area contributed by atoms with Gasteiger partial charge in [-0.15, -0.1) is 0 Å². The highest BCUT2D eigenvalue weighted by Gasteiger charge is 2.51. The molecule has 9 heteroatoms. The first-order valence-electron chi connectivity index (χ1n) is 12.5. The van der Waals surface area contributed by atoms with E-state index < -0.39 is 23.5 Å². The highest BCUT2D eigenvalue weighted by atomic mass is 16.2. The molecule has 188 valence electrons. The van der Waals surface area contributed by atoms with Crippen LogP contribution in [0.2, 0.25) is 0 Å². The normalized spacial score (nSPS) is 30.5. The van der Waals surface area contributed by atoms with E-state index in [0.717, 1.165) is 25.7 Å². The van der Waals surface area contributed by atoms with Crippen molar-refractivity contribution in [3.05, 3.63) is 0 Å². The fourth-order valence-electron chi connectivity index (χ4n) is 5.81. The maximum Gasteiger partial charge on any atom is 0.246 e. The number of fused-ring (bicyclic) bond motifs is 1. The molecular weight excluding hydrogens is 434 g/mol. The van der Waals surface area contributed by atoms with Crippen LogP contribution in [0.1, 0.15) is 73.1 Å². The summed E-state index contributed by atoms with van der Waals surface area (Å²) in [4.78, 5) is 52.9. The van der Waals surface area contributed by atoms with Gasteiger partial charge < -0.3 is 20.9 Å². The number of nitrogens with one attached hydrogen (secondary N) is 3. The predicted molar refractivity (Wildman–Crippen MR) is 126 cm³/mol. The number of carbonyl (C=O) groups is 4. The quantitative estimate of drug-likeness (QED) is 0.538. The van der Waals surface area contributed by atoms with Crippen LogP contribution in [0.3, 0.4) is 0 Å². The van der Waals surface area contributed by atoms with Crippen molar-refractivity contribution in [2.75, 3.05) is 6.54 Å². The van der Waals surface area contributed by atoms with Crippen molar-refractivity contribution in [2.45, 2.75) is 97.3 Å². The molecular formula is C25H39N5O4. The maximum absolute atomic E-state index is 13.6. The van der Waals surface area contributed by atoms with Crippen LogP contribution in [0.5, 0.6) is 0 Å². The zero-order valence-electron chi connectivity index (χ0n) is 21.0. The van der Waals surface area contributed by atoms with Crippen molar-refractivity contribution in [3.8, 4) is 6.07 Å². The van der Waals surface area contributed by atoms with Gasteiger partial charge in [0.2, 0.25) is 23.6 Å². The maximum atomic E-state index is 13.6. The lowest BCUT2D eigenvalue weighted by molar-refractivity contribution is -0.144. The fraction of sp³-hybridized carbons (Fsp3) is 0.800. The topological polar surface area (TPSA) is 131 Å². The molecule has 3 aliphatic rings. The van der Waals surface area contributed by atoms with Crippen molar-refractivity contribution >= 4 is 23.6 Å². The number of hydrogen-bond donors (Lipinski definition) is 3. The molecule has 2 aliphatic heterocycles. The molecule has 3 rings (SSSR count). The first-order valence-corrected chi connectivity index (χ1v) is 12.5. The van der Waals surface area contributed by atoms with Gasteiger partial charge in [-0.25, -0.2) is 0 Å². The molecule has 0 spiro atoms. The first kappa shape index (κ1) is 26.0. The zero-order chi connectivity index (χ0) is 25.2. The Labute approximate surface area is 202 Å². The van der Waals surface area contributed by atoms with Crippen LogP contribution in [-0.4, -0.2) is 59.2 Å². The van der Waals surface area contributed by atoms with Crippen molar-refractivity contribution in [1.29, 1.82) is 5.26 Å². The molecule has 9 nitrogen and oxygen atoms in total. The number of hydrogen-bond acceptors (Lipinski definition) is 5. The molecule has 0 aromatic rings. The van der Waals surface area contributed by atoms with Crippen molar-refractivity contribution in [1.82, 2.24) is 20.9 Å². The molecule has 4 amide bonds. The SMILES string of the molecule is CC(=O)N[C@H](C(=O)N1C[C@@H]2CCC[C@@H]2[C@H]1C(=O)N[C@H](C#N)C[C@@H]1CC[C@@H](C)NC1=O)C(C)(C)C. The minimum atomic E-state index is -0.803. The lowest BCUT2D eigenvalue weighted by Gasteiger charge is -2.36. The van der Waals surface area contributed by atoms with Crippen LogP contribution >= 0.6 is 0 Å². The summed E-state index contributed by atoms with van der Waals surface area (Å²) >= 11 is 0. The standard InChI is InChI=1S/C25H39N5O4/c1-14-9-10-16(22(32)27-14)11-18(12-26)29-23(33)20-19-8-6-7-17(19)13-30(20)24(34)21(25(3,4)5)28-15(2)31/h14,16-21H,6-11,13H2,1-5H3,(H,27,32)(H,28,31)(H,29,33)/t14-,16+,17+,18+,19+,20+,21-/m1/s1. The van der Waals surface area contributed by atoms with Crippen LogP contribution < -0.4 is 16.0 Å². The summed E-state index contributed by atoms with van der Waals surface area (Å²) in [6.07, 6.45) is 4.61. The highest BCUT2D eigenvalue weighted by Crippen LogP contribution is 2.43. The number of likely N-dealkylation sites (tertiary alicyclic amines) is 1. The molecule has 0 aromatic heterocycles. The molecule has 0 bridgehead atoms. The summed E-state index contributed by atoms with van der Waals surface area (Å²) in [6, 6.07) is 0.0353. The number of nitriles is 1. The van der Waals surface area contributed by atoms with Crippen LogP contribution in [-0.2, 0) is 19.2 Å². The number of rotatable bonds is 6. The third-order valence-electron chi connectivity index (χ3n) is 7.60. The number of amides is 4. The van der Waals surface area contributed by atoms with E-state index in [4.69, 9.17) is 0 Å². The van der Waals surface area contributed by atoms with Crippen molar-refractivity contribution in [2.24, 2.45) is 23.2 Å². The second-order valence-corrected chi connectivity index (χ2v) is 11.4. The molecule has 1 saturated carbocycles. The smallest absolute Gasteiger partial charge is 0.246 e. The van der Waals surface area contributed by atoms with Gasteiger partial charge in [0, 0.05) is 25.4 Å². The minimum absolute atomic E-state index is 0.0417. The second kappa shape index (κ2) is 10.3. The molecule has 34 heavy (non-hydrogen) atoms. The van der Waals surface area contributed by atoms with Gasteiger partial charge in [-0.1, -0.05) is 27.2 Å². The van der Waals surface area contributed by atoms with Gasteiger partial charge in [0.15, 0.2) is 0 Å². The number of nitrogens with zero attached hydrogens (tertiary/aromatic N) is 2. The van der Waals surface area contributed by atoms with E-state index in [-0.39, 0.29) is 53.8 Å². The Bertz CT molecular complexity index is 860. The summed E-state index contributed by atoms with van der Waals surface area (Å²) in [5.74, 6) is -1.00. The lowest BCUT2D eigenvalue weighted by Crippen LogP contribution is -2.59. The van der Waals surface area contributed by atoms with Gasteiger partial charge in [-0.05, 0) is 56.3 Å². The minimum Gasteiger partial charge on any atom is -0.353 e. The van der Waals surface area contributed by atoms with E-state index in [0.29, 0.717) is 13.0 Å². The van der Waals surface area contributed by atoms with E-state index in [2.05, 4.69) is 22.0 Å². The molecule has 1 aliphatic carbocycles. The summed E-state index contributed by atoms with van der Waals surface area (Å²) in [5.41, 5.74) is -0.526. The second-order valence-electron chi connectivity index (χ2n) is 11.4. The Morgan fingerprint density at radius 3 is 2.47 bits per heavy atom. The molecule has 7 atom stereocenters. The van der Waals surface area contributed by atoms with E-state index in [1.165, 1.54) is 6.92 Å². The van der Waals surface area contributed by atoms with Gasteiger partial charge in [-0.3, -0.25) is 19.2 Å². The summed E-state index contributed by atoms with van der Waals surface area (Å²) in [6.45, 7) is 9.48. The molecule has 3 N–H and O–H groups in total. The first-order chi connectivity index (χ1) is 15.9. The van der Waals surface area contributed by atoms with Gasteiger partial charge in [0.1, 0.15) is 18.1 Å². The average molecular weight is 474 g/mol. The molecule has 2 saturated heterocycles. The van der Waals surface area contributed by atoms with E-state index in [1.807, 2.05) is 27.7 Å². The molecule has 3 fully saturated rings. The molecule has 0 unspecified atom stereocenters. The average Bonchev–Trinajstić information content (AvgIpc) is 3.33.